The van der Waals surface area contributed by atoms with Gasteiger partial charge < -0.3 is 54.5 Å². The molecule has 4 aliphatic heterocycles. The van der Waals surface area contributed by atoms with E-state index in [0.29, 0.717) is 0 Å². The molecule has 5 bridgehead atoms. The van der Waals surface area contributed by atoms with Gasteiger partial charge in [-0.1, -0.05) is 58.1 Å². The maximum Gasteiger partial charge on any atom is 0.416 e. The molecule has 0 radical (unpaired) electrons. The molecule has 1 saturated heterocycles. The molecule has 362 valence electrons. The van der Waals surface area contributed by atoms with Gasteiger partial charge in [0.25, 0.3) is 11.7 Å². The number of halogens is 3. The van der Waals surface area contributed by atoms with Crippen LogP contribution in [0.25, 0.3) is 0 Å². The number of phenolic OH excluding ortho intramolecular Hbond substituents is 1. The number of aliphatic hydroxyl groups is 2. The minimum absolute atomic E-state index is 0.0559. The summed E-state index contributed by atoms with van der Waals surface area (Å²) in [6, 6.07) is 4.39. The molecule has 5 N–H and O–H groups in total. The topological polar surface area (TPSA) is 219 Å². The molecule has 2 aromatic carbocycles. The highest BCUT2D eigenvalue weighted by Crippen LogP contribution is 2.49. The number of fused-ring (bicyclic) bond motifs is 14. The Morgan fingerprint density at radius 2 is 1.64 bits per heavy atom. The third kappa shape index (κ3) is 10.1. The summed E-state index contributed by atoms with van der Waals surface area (Å²) in [5, 5.41) is 39.9. The number of alkyl carbamates (subject to hydrolysis) is 1. The number of aliphatic hydroxyl groups excluding tert-OH is 2. The number of benzene rings is 2. The first-order valence-corrected chi connectivity index (χ1v) is 21.8. The summed E-state index contributed by atoms with van der Waals surface area (Å²) in [6.45, 7) is 11.0. The van der Waals surface area contributed by atoms with Crippen molar-refractivity contribution in [2.75, 3.05) is 33.4 Å². The van der Waals surface area contributed by atoms with Crippen molar-refractivity contribution in [3.05, 3.63) is 105 Å². The number of amides is 2. The van der Waals surface area contributed by atoms with Crippen molar-refractivity contribution >= 4 is 29.4 Å². The molecule has 2 aromatic rings. The molecule has 19 heteroatoms. The molecule has 0 aromatic heterocycles. The predicted molar refractivity (Wildman–Crippen MR) is 234 cm³/mol. The summed E-state index contributed by atoms with van der Waals surface area (Å²) in [5.74, 6) is -9.70. The minimum atomic E-state index is -4.61. The number of rotatable bonds is 5. The number of alkyl halides is 3. The minimum Gasteiger partial charge on any atom is -0.507 e. The molecule has 0 unspecified atom stereocenters. The highest BCUT2D eigenvalue weighted by Gasteiger charge is 2.53. The first kappa shape index (κ1) is 50.4. The molecule has 4 heterocycles. The summed E-state index contributed by atoms with van der Waals surface area (Å²) < 4.78 is 69.4. The third-order valence-electron chi connectivity index (χ3n) is 12.9. The van der Waals surface area contributed by atoms with Gasteiger partial charge in [-0.15, -0.1) is 0 Å². The lowest BCUT2D eigenvalue weighted by atomic mass is 9.78. The molecular formula is C48H56F3N3O13. The number of nitrogens with one attached hydrogen (secondary N) is 2. The van der Waals surface area contributed by atoms with E-state index in [2.05, 4.69) is 10.6 Å². The second-order valence-corrected chi connectivity index (χ2v) is 17.5. The highest BCUT2D eigenvalue weighted by atomic mass is 19.4. The SMILES string of the molecule is CO[C@H]1/C=C/O[C@@]2(C)Oc3c(C)c(O)c4c(c3C2=O)C(=O)C(N2CCOCC2)=C(NC(=O)/C(C)=C\C=C\[C@H](C)[C@H](O)[C@@H](C)[C@@H](O)[C@@H](C)[C@H](OC(=O)NCc2cccc(C(F)(F)F)c2)[C@@H]1C)C4=O. The first-order valence-electron chi connectivity index (χ1n) is 21.8. The van der Waals surface area contributed by atoms with Crippen molar-refractivity contribution in [2.24, 2.45) is 23.7 Å². The Labute approximate surface area is 385 Å². The van der Waals surface area contributed by atoms with E-state index >= 15 is 0 Å². The quantitative estimate of drug-likeness (QED) is 0.244. The van der Waals surface area contributed by atoms with Crippen LogP contribution in [0.1, 0.15) is 89.3 Å². The number of ketones is 3. The number of nitrogens with zero attached hydrogens (tertiary/aromatic N) is 1. The Kier molecular flexibility index (Phi) is 15.1. The van der Waals surface area contributed by atoms with Crippen LogP contribution in [0.15, 0.2) is 71.8 Å². The molecule has 7 rings (SSSR count). The van der Waals surface area contributed by atoms with Gasteiger partial charge in [-0.05, 0) is 37.6 Å². The van der Waals surface area contributed by atoms with Gasteiger partial charge >= 0.3 is 18.1 Å². The molecule has 5 aliphatic rings. The molecule has 9 atom stereocenters. The Morgan fingerprint density at radius 3 is 2.30 bits per heavy atom. The molecule has 2 amide bonds. The molecule has 1 aliphatic carbocycles. The number of carbonyl (C=O) groups is 5. The lowest BCUT2D eigenvalue weighted by Crippen LogP contribution is -2.47. The van der Waals surface area contributed by atoms with Gasteiger partial charge in [0.2, 0.25) is 11.6 Å². The number of phenols is 1. The van der Waals surface area contributed by atoms with E-state index in [1.54, 1.807) is 38.7 Å². The van der Waals surface area contributed by atoms with Gasteiger partial charge in [0, 0.05) is 68.5 Å². The summed E-state index contributed by atoms with van der Waals surface area (Å²) in [4.78, 5) is 72.5. The van der Waals surface area contributed by atoms with E-state index in [0.717, 1.165) is 18.4 Å². The van der Waals surface area contributed by atoms with E-state index in [-0.39, 0.29) is 66.6 Å². The van der Waals surface area contributed by atoms with Crippen molar-refractivity contribution < 1.29 is 76.1 Å². The van der Waals surface area contributed by atoms with Crippen LogP contribution < -0.4 is 15.4 Å². The average molecular weight is 940 g/mol. The normalized spacial score (nSPS) is 30.5. The number of allylic oxidation sites excluding steroid dienone is 4. The molecule has 0 saturated carbocycles. The van der Waals surface area contributed by atoms with Crippen LogP contribution in [-0.4, -0.2) is 113 Å². The van der Waals surface area contributed by atoms with Crippen LogP contribution in [0.5, 0.6) is 11.5 Å². The summed E-state index contributed by atoms with van der Waals surface area (Å²) in [5.41, 5.74) is -2.62. The third-order valence-corrected chi connectivity index (χ3v) is 12.9. The number of hydrogen-bond donors (Lipinski definition) is 5. The summed E-state index contributed by atoms with van der Waals surface area (Å²) >= 11 is 0. The van der Waals surface area contributed by atoms with Crippen LogP contribution >= 0.6 is 0 Å². The van der Waals surface area contributed by atoms with Gasteiger partial charge in [0.1, 0.15) is 29.0 Å². The van der Waals surface area contributed by atoms with Crippen LogP contribution in [0, 0.1) is 30.6 Å². The first-order chi connectivity index (χ1) is 31.5. The van der Waals surface area contributed by atoms with Crippen molar-refractivity contribution in [2.45, 2.75) is 91.4 Å². The number of aromatic hydroxyl groups is 1. The fraction of sp³-hybridized carbons (Fsp3) is 0.479. The van der Waals surface area contributed by atoms with Crippen LogP contribution in [-0.2, 0) is 36.5 Å². The van der Waals surface area contributed by atoms with Crippen molar-refractivity contribution in [1.29, 1.82) is 0 Å². The standard InChI is InChI=1S/C48H56F3N3O13/c1-23-11-9-12-24(2)45(61)53-35-36(54-16-19-64-20-17-54)41(59)32-33(40(35)58)39(57)28(6)43-34(32)44(60)47(7,67-43)65-18-15-31(63-8)25(3)42(27(5)38(56)26(4)37(23)55)66-46(62)52-22-29-13-10-14-30(21-29)48(49,50)51/h9-15,18,21,23,25-27,31,37-38,42,55-57H,16-17,19-20,22H2,1-8H3,(H,52,62)(H,53,61)/b11-9+,18-15+,24-12-/t23-,25+,26+,27+,31-,37-,38+,42+,47-/m0/s1. The number of ether oxygens (including phenoxy) is 5. The van der Waals surface area contributed by atoms with Crippen molar-refractivity contribution in [3.63, 3.8) is 0 Å². The number of carbonyl (C=O) groups excluding carboxylic acids is 5. The highest BCUT2D eigenvalue weighted by molar-refractivity contribution is 6.32. The Hall–Kier alpha value is -6.02. The maximum absolute atomic E-state index is 14.8. The maximum atomic E-state index is 14.8. The van der Waals surface area contributed by atoms with E-state index < -0.39 is 118 Å². The summed E-state index contributed by atoms with van der Waals surface area (Å²) in [7, 11) is 1.34. The van der Waals surface area contributed by atoms with Gasteiger partial charge in [0.05, 0.1) is 60.0 Å². The van der Waals surface area contributed by atoms with Crippen LogP contribution in [0.2, 0.25) is 0 Å². The molecule has 0 spiro atoms. The van der Waals surface area contributed by atoms with Crippen molar-refractivity contribution in [3.8, 4) is 11.5 Å². The van der Waals surface area contributed by atoms with Crippen LogP contribution in [0.4, 0.5) is 18.0 Å². The van der Waals surface area contributed by atoms with Crippen LogP contribution in [0.3, 0.4) is 0 Å². The molecule has 1 fully saturated rings. The molecule has 16 nitrogen and oxygen atoms in total. The van der Waals surface area contributed by atoms with E-state index in [4.69, 9.17) is 23.7 Å². The predicted octanol–water partition coefficient (Wildman–Crippen LogP) is 5.67. The second kappa shape index (κ2) is 20.1. The largest absolute Gasteiger partial charge is 0.507 e. The Balaban J connectivity index is 1.40. The van der Waals surface area contributed by atoms with E-state index in [1.165, 1.54) is 58.2 Å². The Morgan fingerprint density at radius 1 is 0.955 bits per heavy atom. The summed E-state index contributed by atoms with van der Waals surface area (Å²) in [6.07, 6.45) is -3.38. The van der Waals surface area contributed by atoms with E-state index in [9.17, 15) is 52.5 Å². The smallest absolute Gasteiger partial charge is 0.416 e. The number of methoxy groups -OCH3 is 1. The van der Waals surface area contributed by atoms with Crippen molar-refractivity contribution in [1.82, 2.24) is 15.5 Å². The van der Waals surface area contributed by atoms with E-state index in [1.807, 2.05) is 0 Å². The number of hydrogen-bond acceptors (Lipinski definition) is 14. The fourth-order valence-corrected chi connectivity index (χ4v) is 8.77. The lowest BCUT2D eigenvalue weighted by molar-refractivity contribution is -0.137. The number of morpholine rings is 1. The zero-order chi connectivity index (χ0) is 49.3. The Bertz CT molecular complexity index is 2420. The zero-order valence-electron chi connectivity index (χ0n) is 38.4. The molecular weight excluding hydrogens is 884 g/mol. The molecule has 67 heavy (non-hydrogen) atoms. The number of Topliss-reactive ketones (excluding diaryl/α,β-unsaturated/α-hetero) is 3. The second-order valence-electron chi connectivity index (χ2n) is 17.5. The van der Waals surface area contributed by atoms with Gasteiger partial charge in [-0.2, -0.15) is 13.2 Å². The zero-order valence-corrected chi connectivity index (χ0v) is 38.4. The lowest BCUT2D eigenvalue weighted by Gasteiger charge is -2.38. The fourth-order valence-electron chi connectivity index (χ4n) is 8.77. The average Bonchev–Trinajstić information content (AvgIpc) is 3.56. The monoisotopic (exact) mass is 939 g/mol. The van der Waals surface area contributed by atoms with Gasteiger partial charge in [0.15, 0.2) is 0 Å². The van der Waals surface area contributed by atoms with Gasteiger partial charge in [-0.25, -0.2) is 4.79 Å². The van der Waals surface area contributed by atoms with Gasteiger partial charge in [-0.3, -0.25) is 19.2 Å².